The highest BCUT2D eigenvalue weighted by Gasteiger charge is 2.24. The van der Waals surface area contributed by atoms with Crippen LogP contribution in [0.1, 0.15) is 69.5 Å². The Kier molecular flexibility index (Phi) is 5.08. The lowest BCUT2D eigenvalue weighted by atomic mass is 9.94. The highest BCUT2D eigenvalue weighted by atomic mass is 19.1. The summed E-state index contributed by atoms with van der Waals surface area (Å²) < 4.78 is 19.2. The molecule has 0 N–H and O–H groups in total. The van der Waals surface area contributed by atoms with E-state index in [4.69, 9.17) is 4.52 Å². The van der Waals surface area contributed by atoms with Crippen LogP contribution in [0.4, 0.5) is 4.39 Å². The summed E-state index contributed by atoms with van der Waals surface area (Å²) in [5, 5.41) is 3.77. The predicted molar refractivity (Wildman–Crippen MR) is 84.1 cm³/mol. The Hall–Kier alpha value is -1.72. The third-order valence-electron chi connectivity index (χ3n) is 5.00. The minimum absolute atomic E-state index is 0.0295. The zero-order valence-corrected chi connectivity index (χ0v) is 13.7. The van der Waals surface area contributed by atoms with Crippen LogP contribution in [-0.4, -0.2) is 34.0 Å². The van der Waals surface area contributed by atoms with Gasteiger partial charge in [0.05, 0.1) is 6.42 Å². The summed E-state index contributed by atoms with van der Waals surface area (Å²) >= 11 is 0. The molecule has 0 aliphatic heterocycles. The van der Waals surface area contributed by atoms with E-state index in [1.54, 1.807) is 4.90 Å². The molecule has 2 aliphatic rings. The number of amides is 1. The van der Waals surface area contributed by atoms with E-state index in [9.17, 15) is 9.18 Å². The molecule has 1 heterocycles. The van der Waals surface area contributed by atoms with Gasteiger partial charge in [0.2, 0.25) is 5.91 Å². The van der Waals surface area contributed by atoms with Gasteiger partial charge in [-0.2, -0.15) is 4.98 Å². The number of carbonyl (C=O) groups excluding carboxylic acids is 1. The van der Waals surface area contributed by atoms with Crippen molar-refractivity contribution in [3.8, 4) is 0 Å². The molecule has 5 nitrogen and oxygen atoms in total. The first kappa shape index (κ1) is 16.1. The Morgan fingerprint density at radius 3 is 2.61 bits per heavy atom. The zero-order valence-electron chi connectivity index (χ0n) is 13.7. The first-order valence-corrected chi connectivity index (χ1v) is 8.61. The molecule has 126 valence electrons. The number of halogens is 1. The lowest BCUT2D eigenvalue weighted by Crippen LogP contribution is -2.39. The SMILES string of the molecule is CN(C(=O)Cc1noc(C(F)=C2CCCC2)n1)C1CCCCC1. The number of aromatic nitrogens is 2. The Morgan fingerprint density at radius 1 is 1.22 bits per heavy atom. The van der Waals surface area contributed by atoms with Crippen molar-refractivity contribution in [1.82, 2.24) is 15.0 Å². The molecule has 1 amide bonds. The molecule has 0 aromatic carbocycles. The molecule has 0 radical (unpaired) electrons. The van der Waals surface area contributed by atoms with Crippen LogP contribution in [0.5, 0.6) is 0 Å². The molecule has 0 bridgehead atoms. The molecule has 23 heavy (non-hydrogen) atoms. The van der Waals surface area contributed by atoms with Gasteiger partial charge in [0.1, 0.15) is 0 Å². The summed E-state index contributed by atoms with van der Waals surface area (Å²) in [5.74, 6) is -0.237. The van der Waals surface area contributed by atoms with Gasteiger partial charge in [-0.25, -0.2) is 4.39 Å². The summed E-state index contributed by atoms with van der Waals surface area (Å²) in [6.45, 7) is 0. The topological polar surface area (TPSA) is 59.2 Å². The molecular weight excluding hydrogens is 297 g/mol. The fourth-order valence-corrected chi connectivity index (χ4v) is 3.52. The maximum atomic E-state index is 14.2. The maximum Gasteiger partial charge on any atom is 0.286 e. The molecular formula is C17H24FN3O2. The van der Waals surface area contributed by atoms with E-state index in [2.05, 4.69) is 10.1 Å². The minimum Gasteiger partial charge on any atom is -0.342 e. The molecule has 3 rings (SSSR count). The monoisotopic (exact) mass is 321 g/mol. The second kappa shape index (κ2) is 7.23. The molecule has 2 saturated carbocycles. The fourth-order valence-electron chi connectivity index (χ4n) is 3.52. The van der Waals surface area contributed by atoms with Gasteiger partial charge in [-0.05, 0) is 44.1 Å². The molecule has 0 atom stereocenters. The van der Waals surface area contributed by atoms with Crippen molar-refractivity contribution >= 4 is 11.7 Å². The van der Waals surface area contributed by atoms with E-state index in [0.717, 1.165) is 44.1 Å². The van der Waals surface area contributed by atoms with Gasteiger partial charge >= 0.3 is 0 Å². The number of nitrogens with zero attached hydrogens (tertiary/aromatic N) is 3. The van der Waals surface area contributed by atoms with E-state index in [-0.39, 0.29) is 24.0 Å². The van der Waals surface area contributed by atoms with Gasteiger partial charge in [-0.3, -0.25) is 4.79 Å². The van der Waals surface area contributed by atoms with Gasteiger partial charge < -0.3 is 9.42 Å². The average molecular weight is 321 g/mol. The molecule has 2 aliphatic carbocycles. The molecule has 0 spiro atoms. The molecule has 1 aromatic rings. The van der Waals surface area contributed by atoms with Crippen LogP contribution in [0.2, 0.25) is 0 Å². The summed E-state index contributed by atoms with van der Waals surface area (Å²) in [7, 11) is 1.83. The summed E-state index contributed by atoms with van der Waals surface area (Å²) in [5.41, 5.74) is 0.755. The van der Waals surface area contributed by atoms with Crippen LogP contribution >= 0.6 is 0 Å². The van der Waals surface area contributed by atoms with E-state index < -0.39 is 5.83 Å². The van der Waals surface area contributed by atoms with Gasteiger partial charge in [0, 0.05) is 13.1 Å². The first-order valence-electron chi connectivity index (χ1n) is 8.61. The average Bonchev–Trinajstić information content (AvgIpc) is 3.26. The van der Waals surface area contributed by atoms with Crippen LogP contribution in [-0.2, 0) is 11.2 Å². The van der Waals surface area contributed by atoms with Gasteiger partial charge in [0.25, 0.3) is 5.89 Å². The molecule has 6 heteroatoms. The van der Waals surface area contributed by atoms with Gasteiger partial charge in [-0.1, -0.05) is 24.4 Å². The quantitative estimate of drug-likeness (QED) is 0.849. The Labute approximate surface area is 135 Å². The van der Waals surface area contributed by atoms with Crippen LogP contribution in [0, 0.1) is 0 Å². The molecule has 0 saturated heterocycles. The van der Waals surface area contributed by atoms with Crippen molar-refractivity contribution < 1.29 is 13.7 Å². The van der Waals surface area contributed by atoms with Gasteiger partial charge in [-0.15, -0.1) is 0 Å². The lowest BCUT2D eigenvalue weighted by molar-refractivity contribution is -0.131. The number of rotatable bonds is 4. The van der Waals surface area contributed by atoms with Crippen molar-refractivity contribution in [2.45, 2.75) is 70.3 Å². The van der Waals surface area contributed by atoms with E-state index in [1.807, 2.05) is 7.05 Å². The largest absolute Gasteiger partial charge is 0.342 e. The second-order valence-corrected chi connectivity index (χ2v) is 6.61. The Bertz CT molecular complexity index is 582. The van der Waals surface area contributed by atoms with Crippen LogP contribution < -0.4 is 0 Å². The highest BCUT2D eigenvalue weighted by Crippen LogP contribution is 2.31. The molecule has 0 unspecified atom stereocenters. The Morgan fingerprint density at radius 2 is 1.91 bits per heavy atom. The maximum absolute atomic E-state index is 14.2. The van der Waals surface area contributed by atoms with Crippen molar-refractivity contribution in [3.05, 3.63) is 17.3 Å². The van der Waals surface area contributed by atoms with Crippen LogP contribution in [0.3, 0.4) is 0 Å². The first-order chi connectivity index (χ1) is 11.1. The number of hydrogen-bond acceptors (Lipinski definition) is 4. The van der Waals surface area contributed by atoms with Crippen molar-refractivity contribution in [2.75, 3.05) is 7.05 Å². The van der Waals surface area contributed by atoms with Crippen LogP contribution in [0.25, 0.3) is 5.83 Å². The summed E-state index contributed by atoms with van der Waals surface area (Å²) in [4.78, 5) is 18.2. The van der Waals surface area contributed by atoms with E-state index >= 15 is 0 Å². The number of likely N-dealkylation sites (N-methyl/N-ethyl adjacent to an activating group) is 1. The standard InChI is InChI=1S/C17H24FN3O2/c1-21(13-9-3-2-4-10-13)15(22)11-14-19-17(23-20-14)16(18)12-7-5-6-8-12/h13H,2-11H2,1H3. The number of hydrogen-bond donors (Lipinski definition) is 0. The van der Waals surface area contributed by atoms with Gasteiger partial charge in [0.15, 0.2) is 11.7 Å². The van der Waals surface area contributed by atoms with Crippen molar-refractivity contribution in [1.29, 1.82) is 0 Å². The highest BCUT2D eigenvalue weighted by molar-refractivity contribution is 5.78. The number of carbonyl (C=O) groups is 1. The number of allylic oxidation sites excluding steroid dienone is 1. The van der Waals surface area contributed by atoms with Crippen molar-refractivity contribution in [2.24, 2.45) is 0 Å². The van der Waals surface area contributed by atoms with E-state index in [0.29, 0.717) is 6.04 Å². The minimum atomic E-state index is -0.394. The second-order valence-electron chi connectivity index (χ2n) is 6.61. The molecule has 1 aromatic heterocycles. The summed E-state index contributed by atoms with van der Waals surface area (Å²) in [6, 6.07) is 0.306. The lowest BCUT2D eigenvalue weighted by Gasteiger charge is -2.31. The normalized spacial score (nSPS) is 19.1. The fraction of sp³-hybridized carbons (Fsp3) is 0.706. The Balaban J connectivity index is 1.62. The van der Waals surface area contributed by atoms with Crippen molar-refractivity contribution in [3.63, 3.8) is 0 Å². The van der Waals surface area contributed by atoms with Crippen LogP contribution in [0.15, 0.2) is 10.1 Å². The third-order valence-corrected chi connectivity index (χ3v) is 5.00. The molecule has 2 fully saturated rings. The van der Waals surface area contributed by atoms with E-state index in [1.165, 1.54) is 19.3 Å². The summed E-state index contributed by atoms with van der Waals surface area (Å²) in [6.07, 6.45) is 9.31. The predicted octanol–water partition coefficient (Wildman–Crippen LogP) is 3.66. The third kappa shape index (κ3) is 3.79. The zero-order chi connectivity index (χ0) is 16.2. The smallest absolute Gasteiger partial charge is 0.286 e.